The van der Waals surface area contributed by atoms with Crippen molar-refractivity contribution in [1.82, 2.24) is 4.98 Å². The van der Waals surface area contributed by atoms with Crippen LogP contribution in [0.5, 0.6) is 0 Å². The summed E-state index contributed by atoms with van der Waals surface area (Å²) in [6.07, 6.45) is 2.91. The molecule has 0 aliphatic heterocycles. The fourth-order valence-corrected chi connectivity index (χ4v) is 2.20. The number of hydrogen-bond acceptors (Lipinski definition) is 2. The summed E-state index contributed by atoms with van der Waals surface area (Å²) < 4.78 is 0.917. The van der Waals surface area contributed by atoms with E-state index in [4.69, 9.17) is 0 Å². The predicted octanol–water partition coefficient (Wildman–Crippen LogP) is 3.75. The zero-order chi connectivity index (χ0) is 14.5. The van der Waals surface area contributed by atoms with Gasteiger partial charge >= 0.3 is 0 Å². The van der Waals surface area contributed by atoms with Crippen LogP contribution >= 0.6 is 15.9 Å². The molecule has 20 heavy (non-hydrogen) atoms. The molecule has 0 aliphatic rings. The highest BCUT2D eigenvalue weighted by Gasteiger charge is 2.12. The third-order valence-corrected chi connectivity index (χ3v) is 3.67. The Bertz CT molecular complexity index is 596. The predicted molar refractivity (Wildman–Crippen MR) is 84.8 cm³/mol. The minimum absolute atomic E-state index is 0.0659. The first kappa shape index (κ1) is 14.7. The van der Waals surface area contributed by atoms with Gasteiger partial charge in [-0.3, -0.25) is 9.69 Å². The molecule has 2 rings (SSSR count). The largest absolute Gasteiger partial charge is 0.300 e. The number of nitrogens with zero attached hydrogens (tertiary/aromatic N) is 2. The second-order valence-electron chi connectivity index (χ2n) is 4.77. The van der Waals surface area contributed by atoms with Gasteiger partial charge in [-0.25, -0.2) is 4.98 Å². The van der Waals surface area contributed by atoms with Crippen molar-refractivity contribution in [2.75, 3.05) is 11.9 Å². The molecule has 0 unspecified atom stereocenters. The number of carbonyl (C=O) groups excluding carboxylic acids is 1. The van der Waals surface area contributed by atoms with Crippen molar-refractivity contribution in [3.05, 3.63) is 58.2 Å². The second-order valence-corrected chi connectivity index (χ2v) is 5.69. The number of amides is 1. The third-order valence-electron chi connectivity index (χ3n) is 3.17. The Labute approximate surface area is 127 Å². The van der Waals surface area contributed by atoms with Gasteiger partial charge in [0.2, 0.25) is 5.91 Å². The molecule has 104 valence electrons. The molecule has 0 saturated carbocycles. The van der Waals surface area contributed by atoms with E-state index >= 15 is 0 Å². The van der Waals surface area contributed by atoms with E-state index in [2.05, 4.69) is 52.1 Å². The van der Waals surface area contributed by atoms with E-state index in [0.717, 1.165) is 10.9 Å². The summed E-state index contributed by atoms with van der Waals surface area (Å²) in [4.78, 5) is 18.0. The summed E-state index contributed by atoms with van der Waals surface area (Å²) in [6, 6.07) is 12.0. The van der Waals surface area contributed by atoms with Crippen molar-refractivity contribution in [3.8, 4) is 0 Å². The molecule has 2 aromatic rings. The summed E-state index contributed by atoms with van der Waals surface area (Å²) in [6.45, 7) is 2.06. The SMILES string of the molecule is Cc1ccc(CCC(=O)N(C)c2cc(Br)ccn2)cc1. The van der Waals surface area contributed by atoms with Crippen LogP contribution in [-0.2, 0) is 11.2 Å². The van der Waals surface area contributed by atoms with E-state index < -0.39 is 0 Å². The van der Waals surface area contributed by atoms with Crippen LogP contribution in [0.4, 0.5) is 5.82 Å². The number of halogens is 1. The van der Waals surface area contributed by atoms with E-state index in [0.29, 0.717) is 12.2 Å². The fourth-order valence-electron chi connectivity index (χ4n) is 1.88. The van der Waals surface area contributed by atoms with Crippen molar-refractivity contribution >= 4 is 27.7 Å². The van der Waals surface area contributed by atoms with Crippen LogP contribution in [0, 0.1) is 6.92 Å². The van der Waals surface area contributed by atoms with Crippen LogP contribution in [-0.4, -0.2) is 17.9 Å². The number of carbonyl (C=O) groups is 1. The van der Waals surface area contributed by atoms with Gasteiger partial charge in [-0.2, -0.15) is 0 Å². The van der Waals surface area contributed by atoms with Gasteiger partial charge in [0, 0.05) is 24.1 Å². The monoisotopic (exact) mass is 332 g/mol. The lowest BCUT2D eigenvalue weighted by molar-refractivity contribution is -0.118. The lowest BCUT2D eigenvalue weighted by Gasteiger charge is -2.16. The number of hydrogen-bond donors (Lipinski definition) is 0. The van der Waals surface area contributed by atoms with Crippen molar-refractivity contribution < 1.29 is 4.79 Å². The molecule has 4 heteroatoms. The minimum Gasteiger partial charge on any atom is -0.300 e. The molecule has 1 aromatic heterocycles. The average Bonchev–Trinajstić information content (AvgIpc) is 2.45. The van der Waals surface area contributed by atoms with Gasteiger partial charge in [0.05, 0.1) is 0 Å². The third kappa shape index (κ3) is 3.90. The molecular formula is C16H17BrN2O. The smallest absolute Gasteiger partial charge is 0.228 e. The van der Waals surface area contributed by atoms with Crippen LogP contribution in [0.15, 0.2) is 47.1 Å². The number of anilines is 1. The molecule has 0 saturated heterocycles. The summed E-state index contributed by atoms with van der Waals surface area (Å²) in [5, 5.41) is 0. The van der Waals surface area contributed by atoms with E-state index in [1.807, 2.05) is 12.1 Å². The second kappa shape index (κ2) is 6.66. The van der Waals surface area contributed by atoms with Gasteiger partial charge in [0.1, 0.15) is 5.82 Å². The summed E-state index contributed by atoms with van der Waals surface area (Å²) in [5.74, 6) is 0.726. The standard InChI is InChI=1S/C16H17BrN2O/c1-12-3-5-13(6-4-12)7-8-16(20)19(2)15-11-14(17)9-10-18-15/h3-6,9-11H,7-8H2,1-2H3. The molecule has 1 amide bonds. The molecule has 1 heterocycles. The summed E-state index contributed by atoms with van der Waals surface area (Å²) in [7, 11) is 1.76. The summed E-state index contributed by atoms with van der Waals surface area (Å²) >= 11 is 3.38. The van der Waals surface area contributed by atoms with Crippen molar-refractivity contribution in [1.29, 1.82) is 0 Å². The Hall–Kier alpha value is -1.68. The molecular weight excluding hydrogens is 316 g/mol. The van der Waals surface area contributed by atoms with Crippen molar-refractivity contribution in [2.24, 2.45) is 0 Å². The highest BCUT2D eigenvalue weighted by Crippen LogP contribution is 2.17. The van der Waals surface area contributed by atoms with Gasteiger partial charge < -0.3 is 0 Å². The minimum atomic E-state index is 0.0659. The normalized spacial score (nSPS) is 10.3. The summed E-state index contributed by atoms with van der Waals surface area (Å²) in [5.41, 5.74) is 2.41. The van der Waals surface area contributed by atoms with Crippen LogP contribution in [0.3, 0.4) is 0 Å². The topological polar surface area (TPSA) is 33.2 Å². The van der Waals surface area contributed by atoms with E-state index in [-0.39, 0.29) is 5.91 Å². The van der Waals surface area contributed by atoms with Crippen LogP contribution in [0.2, 0.25) is 0 Å². The number of pyridine rings is 1. The van der Waals surface area contributed by atoms with Gasteiger partial charge in [0.15, 0.2) is 0 Å². The molecule has 0 aliphatic carbocycles. The van der Waals surface area contributed by atoms with E-state index in [1.54, 1.807) is 18.1 Å². The van der Waals surface area contributed by atoms with Crippen LogP contribution in [0.25, 0.3) is 0 Å². The Balaban J connectivity index is 1.96. The average molecular weight is 333 g/mol. The first-order valence-corrected chi connectivity index (χ1v) is 7.29. The first-order valence-electron chi connectivity index (χ1n) is 6.50. The molecule has 1 aromatic carbocycles. The molecule has 0 atom stereocenters. The zero-order valence-electron chi connectivity index (χ0n) is 11.6. The molecule has 0 fully saturated rings. The molecule has 3 nitrogen and oxygen atoms in total. The lowest BCUT2D eigenvalue weighted by atomic mass is 10.1. The van der Waals surface area contributed by atoms with Gasteiger partial charge in [-0.15, -0.1) is 0 Å². The molecule has 0 radical (unpaired) electrons. The van der Waals surface area contributed by atoms with Crippen LogP contribution in [0.1, 0.15) is 17.5 Å². The van der Waals surface area contributed by atoms with Crippen molar-refractivity contribution in [3.63, 3.8) is 0 Å². The van der Waals surface area contributed by atoms with E-state index in [1.165, 1.54) is 11.1 Å². The molecule has 0 bridgehead atoms. The Morgan fingerprint density at radius 1 is 1.25 bits per heavy atom. The highest BCUT2D eigenvalue weighted by molar-refractivity contribution is 9.10. The maximum Gasteiger partial charge on any atom is 0.228 e. The number of rotatable bonds is 4. The highest BCUT2D eigenvalue weighted by atomic mass is 79.9. The zero-order valence-corrected chi connectivity index (χ0v) is 13.2. The maximum atomic E-state index is 12.2. The first-order chi connectivity index (χ1) is 9.56. The number of benzene rings is 1. The molecule has 0 spiro atoms. The number of aromatic nitrogens is 1. The quantitative estimate of drug-likeness (QED) is 0.854. The molecule has 0 N–H and O–H groups in total. The Kier molecular flexibility index (Phi) is 4.90. The van der Waals surface area contributed by atoms with Gasteiger partial charge in [-0.1, -0.05) is 45.8 Å². The Morgan fingerprint density at radius 2 is 1.95 bits per heavy atom. The maximum absolute atomic E-state index is 12.2. The van der Waals surface area contributed by atoms with Crippen LogP contribution < -0.4 is 4.90 Å². The fraction of sp³-hybridized carbons (Fsp3) is 0.250. The number of aryl methyl sites for hydroxylation is 2. The van der Waals surface area contributed by atoms with Crippen molar-refractivity contribution in [2.45, 2.75) is 19.8 Å². The van der Waals surface area contributed by atoms with E-state index in [9.17, 15) is 4.79 Å². The Morgan fingerprint density at radius 3 is 2.60 bits per heavy atom. The lowest BCUT2D eigenvalue weighted by Crippen LogP contribution is -2.27. The van der Waals surface area contributed by atoms with Gasteiger partial charge in [-0.05, 0) is 31.0 Å². The van der Waals surface area contributed by atoms with Gasteiger partial charge in [0.25, 0.3) is 0 Å².